The second kappa shape index (κ2) is 2.72. The van der Waals surface area contributed by atoms with Crippen LogP contribution in [-0.2, 0) is 13.1 Å². The Morgan fingerprint density at radius 3 is 3.36 bits per heavy atom. The van der Waals surface area contributed by atoms with Crippen molar-refractivity contribution < 1.29 is 5.11 Å². The van der Waals surface area contributed by atoms with E-state index in [9.17, 15) is 5.11 Å². The van der Waals surface area contributed by atoms with Crippen molar-refractivity contribution in [3.8, 4) is 5.88 Å². The van der Waals surface area contributed by atoms with Gasteiger partial charge in [0, 0.05) is 25.8 Å². The van der Waals surface area contributed by atoms with Gasteiger partial charge in [-0.05, 0) is 12.1 Å². The molecule has 0 unspecified atom stereocenters. The van der Waals surface area contributed by atoms with Gasteiger partial charge in [-0.15, -0.1) is 0 Å². The molecule has 0 saturated carbocycles. The van der Waals surface area contributed by atoms with Crippen LogP contribution in [0.15, 0.2) is 18.3 Å². The van der Waals surface area contributed by atoms with E-state index < -0.39 is 0 Å². The summed E-state index contributed by atoms with van der Waals surface area (Å²) in [5.74, 6) is 0.351. The van der Waals surface area contributed by atoms with Gasteiger partial charge in [0.05, 0.1) is 16.6 Å². The maximum absolute atomic E-state index is 9.93. The molecule has 0 fully saturated rings. The number of fused-ring (bicyclic) bond motifs is 3. The highest BCUT2D eigenvalue weighted by Crippen LogP contribution is 2.30. The molecule has 0 amide bonds. The molecule has 4 heteroatoms. The van der Waals surface area contributed by atoms with Crippen molar-refractivity contribution in [1.82, 2.24) is 14.9 Å². The number of nitrogens with one attached hydrogen (secondary N) is 1. The Morgan fingerprint density at radius 2 is 2.43 bits per heavy atom. The molecule has 14 heavy (non-hydrogen) atoms. The highest BCUT2D eigenvalue weighted by molar-refractivity contribution is 5.87. The van der Waals surface area contributed by atoms with Gasteiger partial charge in [-0.3, -0.25) is 4.98 Å². The van der Waals surface area contributed by atoms with E-state index >= 15 is 0 Å². The van der Waals surface area contributed by atoms with Crippen LogP contribution in [0.4, 0.5) is 0 Å². The third-order valence-electron chi connectivity index (χ3n) is 2.71. The van der Waals surface area contributed by atoms with Crippen LogP contribution in [0.3, 0.4) is 0 Å². The first-order valence-corrected chi connectivity index (χ1v) is 4.73. The predicted octanol–water partition coefficient (Wildman–Crippen LogP) is 0.845. The summed E-state index contributed by atoms with van der Waals surface area (Å²) in [5, 5.41) is 14.1. The SMILES string of the molecule is Oc1c2cccnc2c2n1CCNC2. The molecule has 3 heterocycles. The zero-order valence-electron chi connectivity index (χ0n) is 7.70. The lowest BCUT2D eigenvalue weighted by molar-refractivity contribution is 0.396. The third-order valence-corrected chi connectivity index (χ3v) is 2.71. The molecular formula is C10H11N3O. The molecule has 0 spiro atoms. The van der Waals surface area contributed by atoms with E-state index in [1.54, 1.807) is 6.20 Å². The third kappa shape index (κ3) is 0.886. The minimum Gasteiger partial charge on any atom is -0.494 e. The number of hydrogen-bond donors (Lipinski definition) is 2. The standard InChI is InChI=1S/C10H11N3O/c14-10-7-2-1-3-12-9(7)8-6-11-4-5-13(8)10/h1-3,11,14H,4-6H2. The summed E-state index contributed by atoms with van der Waals surface area (Å²) in [6.45, 7) is 2.51. The first kappa shape index (κ1) is 7.82. The van der Waals surface area contributed by atoms with E-state index in [2.05, 4.69) is 10.3 Å². The maximum Gasteiger partial charge on any atom is 0.201 e. The molecular weight excluding hydrogens is 178 g/mol. The second-order valence-corrected chi connectivity index (χ2v) is 3.50. The van der Waals surface area contributed by atoms with Crippen molar-refractivity contribution in [1.29, 1.82) is 0 Å². The summed E-state index contributed by atoms with van der Waals surface area (Å²) in [7, 11) is 0. The van der Waals surface area contributed by atoms with Crippen LogP contribution < -0.4 is 5.32 Å². The topological polar surface area (TPSA) is 50.1 Å². The molecule has 2 N–H and O–H groups in total. The van der Waals surface area contributed by atoms with Crippen molar-refractivity contribution in [2.75, 3.05) is 6.54 Å². The van der Waals surface area contributed by atoms with Crippen molar-refractivity contribution in [3.63, 3.8) is 0 Å². The van der Waals surface area contributed by atoms with Crippen LogP contribution in [0.5, 0.6) is 5.88 Å². The monoisotopic (exact) mass is 189 g/mol. The Balaban J connectivity index is 2.41. The average molecular weight is 189 g/mol. The summed E-state index contributed by atoms with van der Waals surface area (Å²) in [5.41, 5.74) is 2.00. The molecule has 1 aliphatic rings. The fourth-order valence-corrected chi connectivity index (χ4v) is 2.03. The Bertz CT molecular complexity index is 489. The lowest BCUT2D eigenvalue weighted by atomic mass is 10.2. The van der Waals surface area contributed by atoms with Gasteiger partial charge < -0.3 is 15.0 Å². The first-order chi connectivity index (χ1) is 6.88. The number of hydrogen-bond acceptors (Lipinski definition) is 3. The molecule has 0 radical (unpaired) electrons. The van der Waals surface area contributed by atoms with Crippen LogP contribution >= 0.6 is 0 Å². The van der Waals surface area contributed by atoms with Crippen molar-refractivity contribution in [2.24, 2.45) is 0 Å². The van der Waals surface area contributed by atoms with E-state index in [1.165, 1.54) is 0 Å². The molecule has 0 bridgehead atoms. The van der Waals surface area contributed by atoms with Crippen LogP contribution in [0.2, 0.25) is 0 Å². The molecule has 4 nitrogen and oxygen atoms in total. The summed E-state index contributed by atoms with van der Waals surface area (Å²) in [4.78, 5) is 4.29. The molecule has 0 aliphatic carbocycles. The number of aromatic hydroxyl groups is 1. The molecule has 72 valence electrons. The van der Waals surface area contributed by atoms with Gasteiger partial charge in [-0.1, -0.05) is 0 Å². The number of aromatic nitrogens is 2. The van der Waals surface area contributed by atoms with Crippen molar-refractivity contribution in [3.05, 3.63) is 24.0 Å². The lowest BCUT2D eigenvalue weighted by Gasteiger charge is -2.16. The van der Waals surface area contributed by atoms with Crippen LogP contribution in [0.25, 0.3) is 10.9 Å². The fourth-order valence-electron chi connectivity index (χ4n) is 2.03. The van der Waals surface area contributed by atoms with Crippen LogP contribution in [-0.4, -0.2) is 21.2 Å². The molecule has 0 saturated heterocycles. The molecule has 3 rings (SSSR count). The minimum absolute atomic E-state index is 0.351. The number of nitrogens with zero attached hydrogens (tertiary/aromatic N) is 2. The average Bonchev–Trinajstić information content (AvgIpc) is 2.55. The lowest BCUT2D eigenvalue weighted by Crippen LogP contribution is -2.27. The number of pyridine rings is 1. The highest BCUT2D eigenvalue weighted by Gasteiger charge is 2.18. The van der Waals surface area contributed by atoms with Crippen LogP contribution in [0.1, 0.15) is 5.69 Å². The maximum atomic E-state index is 9.93. The summed E-state index contributed by atoms with van der Waals surface area (Å²) in [6, 6.07) is 3.75. The molecule has 1 aliphatic heterocycles. The van der Waals surface area contributed by atoms with Gasteiger partial charge in [0.2, 0.25) is 5.88 Å². The smallest absolute Gasteiger partial charge is 0.201 e. The highest BCUT2D eigenvalue weighted by atomic mass is 16.3. The Morgan fingerprint density at radius 1 is 1.50 bits per heavy atom. The number of rotatable bonds is 0. The molecule has 0 aromatic carbocycles. The zero-order valence-corrected chi connectivity index (χ0v) is 7.70. The Labute approximate surface area is 81.2 Å². The minimum atomic E-state index is 0.351. The van der Waals surface area contributed by atoms with Gasteiger partial charge in [-0.2, -0.15) is 0 Å². The van der Waals surface area contributed by atoms with Crippen LogP contribution in [0, 0.1) is 0 Å². The van der Waals surface area contributed by atoms with Crippen molar-refractivity contribution in [2.45, 2.75) is 13.1 Å². The van der Waals surface area contributed by atoms with Gasteiger partial charge in [0.25, 0.3) is 0 Å². The largest absolute Gasteiger partial charge is 0.494 e. The molecule has 0 atom stereocenters. The van der Waals surface area contributed by atoms with E-state index in [4.69, 9.17) is 0 Å². The van der Waals surface area contributed by atoms with E-state index in [1.807, 2.05) is 16.7 Å². The van der Waals surface area contributed by atoms with Gasteiger partial charge >= 0.3 is 0 Å². The summed E-state index contributed by atoms with van der Waals surface area (Å²) >= 11 is 0. The van der Waals surface area contributed by atoms with E-state index in [-0.39, 0.29) is 0 Å². The van der Waals surface area contributed by atoms with Crippen molar-refractivity contribution >= 4 is 10.9 Å². The Hall–Kier alpha value is -1.55. The Kier molecular flexibility index (Phi) is 1.52. The normalized spacial score (nSPS) is 15.7. The summed E-state index contributed by atoms with van der Waals surface area (Å²) in [6.07, 6.45) is 1.76. The molecule has 2 aromatic rings. The predicted molar refractivity (Wildman–Crippen MR) is 53.1 cm³/mol. The van der Waals surface area contributed by atoms with E-state index in [0.717, 1.165) is 36.2 Å². The first-order valence-electron chi connectivity index (χ1n) is 4.73. The second-order valence-electron chi connectivity index (χ2n) is 3.50. The van der Waals surface area contributed by atoms with Gasteiger partial charge in [0.15, 0.2) is 0 Å². The van der Waals surface area contributed by atoms with Gasteiger partial charge in [-0.25, -0.2) is 0 Å². The fraction of sp³-hybridized carbons (Fsp3) is 0.300. The van der Waals surface area contributed by atoms with Gasteiger partial charge in [0.1, 0.15) is 0 Å². The summed E-state index contributed by atoms with van der Waals surface area (Å²) < 4.78 is 1.94. The quantitative estimate of drug-likeness (QED) is 0.645. The molecule has 2 aromatic heterocycles. The zero-order chi connectivity index (χ0) is 9.54. The van der Waals surface area contributed by atoms with E-state index in [0.29, 0.717) is 5.88 Å².